The Balaban J connectivity index is 1.49. The number of rotatable bonds is 10. The summed E-state index contributed by atoms with van der Waals surface area (Å²) in [5.74, 6) is 1.13. The summed E-state index contributed by atoms with van der Waals surface area (Å²) in [7, 11) is 0. The maximum atomic E-state index is 13.5. The molecule has 10 heteroatoms. The van der Waals surface area contributed by atoms with Gasteiger partial charge in [0.1, 0.15) is 16.5 Å². The van der Waals surface area contributed by atoms with Crippen molar-refractivity contribution < 1.29 is 13.6 Å². The number of halogens is 1. The van der Waals surface area contributed by atoms with E-state index in [2.05, 4.69) is 27.4 Å². The molecule has 0 fully saturated rings. The van der Waals surface area contributed by atoms with Crippen LogP contribution in [0.2, 0.25) is 0 Å². The average Bonchev–Trinajstić information content (AvgIpc) is 3.56. The zero-order valence-corrected chi connectivity index (χ0v) is 19.1. The van der Waals surface area contributed by atoms with Crippen molar-refractivity contribution in [2.24, 2.45) is 0 Å². The fourth-order valence-electron chi connectivity index (χ4n) is 3.03. The first-order chi connectivity index (χ1) is 15.7. The number of benzene rings is 1. The van der Waals surface area contributed by atoms with Crippen LogP contribution >= 0.6 is 23.1 Å². The van der Waals surface area contributed by atoms with Gasteiger partial charge in [0.2, 0.25) is 5.82 Å². The first-order valence-electron chi connectivity index (χ1n) is 10.3. The van der Waals surface area contributed by atoms with Crippen molar-refractivity contribution in [2.45, 2.75) is 37.1 Å². The molecule has 3 heterocycles. The minimum absolute atomic E-state index is 0.150. The summed E-state index contributed by atoms with van der Waals surface area (Å²) in [5, 5.41) is 14.7. The SMILES string of the molecule is CCCCCNC(=O)c1csc(CSc2nnc(-c3ccco3)n2-c2ccc(F)cc2)n1. The van der Waals surface area contributed by atoms with Gasteiger partial charge in [-0.3, -0.25) is 9.36 Å². The number of nitrogens with zero attached hydrogens (tertiary/aromatic N) is 4. The van der Waals surface area contributed by atoms with E-state index < -0.39 is 0 Å². The Labute approximate surface area is 193 Å². The van der Waals surface area contributed by atoms with Crippen LogP contribution in [-0.4, -0.2) is 32.2 Å². The van der Waals surface area contributed by atoms with Crippen LogP contribution in [0.25, 0.3) is 17.3 Å². The smallest absolute Gasteiger partial charge is 0.270 e. The molecule has 4 rings (SSSR count). The van der Waals surface area contributed by atoms with E-state index in [-0.39, 0.29) is 11.7 Å². The lowest BCUT2D eigenvalue weighted by molar-refractivity contribution is 0.0948. The van der Waals surface area contributed by atoms with Crippen LogP contribution in [-0.2, 0) is 5.75 Å². The molecule has 0 aliphatic carbocycles. The summed E-state index contributed by atoms with van der Waals surface area (Å²) in [6.07, 6.45) is 4.73. The van der Waals surface area contributed by atoms with Crippen molar-refractivity contribution >= 4 is 29.0 Å². The summed E-state index contributed by atoms with van der Waals surface area (Å²) in [6.45, 7) is 2.78. The number of carbonyl (C=O) groups is 1. The van der Waals surface area contributed by atoms with Gasteiger partial charge in [-0.1, -0.05) is 31.5 Å². The van der Waals surface area contributed by atoms with Gasteiger partial charge in [-0.2, -0.15) is 0 Å². The fraction of sp³-hybridized carbons (Fsp3) is 0.273. The number of carbonyl (C=O) groups excluding carboxylic acids is 1. The Morgan fingerprint density at radius 1 is 1.22 bits per heavy atom. The van der Waals surface area contributed by atoms with Crippen molar-refractivity contribution in [2.75, 3.05) is 6.54 Å². The molecule has 0 spiro atoms. The van der Waals surface area contributed by atoms with Crippen LogP contribution in [0.1, 0.15) is 41.7 Å². The quantitative estimate of drug-likeness (QED) is 0.248. The Bertz CT molecular complexity index is 1160. The number of furan rings is 1. The van der Waals surface area contributed by atoms with E-state index in [0.29, 0.717) is 34.7 Å². The van der Waals surface area contributed by atoms with Crippen molar-refractivity contribution in [1.82, 2.24) is 25.1 Å². The van der Waals surface area contributed by atoms with E-state index in [9.17, 15) is 9.18 Å². The minimum atomic E-state index is -0.320. The highest BCUT2D eigenvalue weighted by molar-refractivity contribution is 7.98. The second-order valence-electron chi connectivity index (χ2n) is 6.97. The van der Waals surface area contributed by atoms with Crippen LogP contribution in [0.5, 0.6) is 0 Å². The third-order valence-corrected chi connectivity index (χ3v) is 6.61. The van der Waals surface area contributed by atoms with Gasteiger partial charge in [0, 0.05) is 11.9 Å². The maximum absolute atomic E-state index is 13.5. The molecule has 0 bridgehead atoms. The summed E-state index contributed by atoms with van der Waals surface area (Å²) < 4.78 is 20.8. The van der Waals surface area contributed by atoms with Gasteiger partial charge >= 0.3 is 0 Å². The number of aromatic nitrogens is 4. The fourth-order valence-corrected chi connectivity index (χ4v) is 4.77. The molecule has 32 heavy (non-hydrogen) atoms. The molecule has 1 N–H and O–H groups in total. The zero-order chi connectivity index (χ0) is 22.3. The predicted molar refractivity (Wildman–Crippen MR) is 123 cm³/mol. The number of hydrogen-bond donors (Lipinski definition) is 1. The Morgan fingerprint density at radius 3 is 2.81 bits per heavy atom. The van der Waals surface area contributed by atoms with Crippen molar-refractivity contribution in [1.29, 1.82) is 0 Å². The molecule has 0 aliphatic heterocycles. The van der Waals surface area contributed by atoms with Crippen molar-refractivity contribution in [3.63, 3.8) is 0 Å². The number of nitrogens with one attached hydrogen (secondary N) is 1. The van der Waals surface area contributed by atoms with E-state index in [0.717, 1.165) is 30.0 Å². The number of unbranched alkanes of at least 4 members (excludes halogenated alkanes) is 2. The lowest BCUT2D eigenvalue weighted by Crippen LogP contribution is -2.24. The lowest BCUT2D eigenvalue weighted by Gasteiger charge is -2.08. The summed E-state index contributed by atoms with van der Waals surface area (Å²) in [6, 6.07) is 9.68. The van der Waals surface area contributed by atoms with Gasteiger partial charge in [-0.25, -0.2) is 9.37 Å². The lowest BCUT2D eigenvalue weighted by atomic mass is 10.2. The van der Waals surface area contributed by atoms with E-state index >= 15 is 0 Å². The first-order valence-corrected chi connectivity index (χ1v) is 12.1. The number of hydrogen-bond acceptors (Lipinski definition) is 7. The minimum Gasteiger partial charge on any atom is -0.461 e. The molecule has 0 atom stereocenters. The molecule has 1 amide bonds. The highest BCUT2D eigenvalue weighted by Gasteiger charge is 2.19. The van der Waals surface area contributed by atoms with E-state index in [1.807, 2.05) is 4.57 Å². The normalized spacial score (nSPS) is 11.1. The predicted octanol–water partition coefficient (Wildman–Crippen LogP) is 5.34. The molecule has 0 saturated heterocycles. The Hall–Kier alpha value is -2.98. The second-order valence-corrected chi connectivity index (χ2v) is 8.86. The zero-order valence-electron chi connectivity index (χ0n) is 17.5. The summed E-state index contributed by atoms with van der Waals surface area (Å²) in [5.41, 5.74) is 1.15. The molecular weight excluding hydrogens is 449 g/mol. The van der Waals surface area contributed by atoms with Crippen LogP contribution < -0.4 is 5.32 Å². The van der Waals surface area contributed by atoms with Crippen molar-refractivity contribution in [3.05, 3.63) is 64.6 Å². The molecule has 0 unspecified atom stereocenters. The van der Waals surface area contributed by atoms with Gasteiger partial charge in [0.15, 0.2) is 10.9 Å². The van der Waals surface area contributed by atoms with Gasteiger partial charge in [-0.05, 0) is 42.8 Å². The molecule has 0 radical (unpaired) electrons. The maximum Gasteiger partial charge on any atom is 0.270 e. The molecule has 4 aromatic rings. The molecule has 7 nitrogen and oxygen atoms in total. The molecule has 0 aliphatic rings. The van der Waals surface area contributed by atoms with E-state index in [4.69, 9.17) is 4.42 Å². The number of thioether (sulfide) groups is 1. The second kappa shape index (κ2) is 10.6. The van der Waals surface area contributed by atoms with Crippen LogP contribution in [0.3, 0.4) is 0 Å². The number of thiazole rings is 1. The largest absolute Gasteiger partial charge is 0.461 e. The standard InChI is InChI=1S/C22H22FN5O2S2/c1-2-3-4-11-24-21(29)17-13-31-19(25-17)14-32-22-27-26-20(18-6-5-12-30-18)28(22)16-9-7-15(23)8-10-16/h5-10,12-13H,2-4,11,14H2,1H3,(H,24,29). The molecule has 1 aromatic carbocycles. The van der Waals surface area contributed by atoms with E-state index in [1.165, 1.54) is 35.2 Å². The van der Waals surface area contributed by atoms with Gasteiger partial charge < -0.3 is 9.73 Å². The Morgan fingerprint density at radius 2 is 2.06 bits per heavy atom. The summed E-state index contributed by atoms with van der Waals surface area (Å²) in [4.78, 5) is 16.7. The summed E-state index contributed by atoms with van der Waals surface area (Å²) >= 11 is 2.87. The molecular formula is C22H22FN5O2S2. The first kappa shape index (κ1) is 22.2. The molecule has 0 saturated carbocycles. The Kier molecular flexibility index (Phi) is 7.33. The van der Waals surface area contributed by atoms with Gasteiger partial charge in [0.05, 0.1) is 17.7 Å². The van der Waals surface area contributed by atoms with Crippen LogP contribution in [0.4, 0.5) is 4.39 Å². The third-order valence-electron chi connectivity index (χ3n) is 4.63. The monoisotopic (exact) mass is 471 g/mol. The number of amides is 1. The van der Waals surface area contributed by atoms with E-state index in [1.54, 1.807) is 35.9 Å². The third kappa shape index (κ3) is 5.25. The highest BCUT2D eigenvalue weighted by Crippen LogP contribution is 2.30. The topological polar surface area (TPSA) is 85.8 Å². The van der Waals surface area contributed by atoms with Gasteiger partial charge in [0.25, 0.3) is 5.91 Å². The van der Waals surface area contributed by atoms with Crippen molar-refractivity contribution in [3.8, 4) is 17.3 Å². The highest BCUT2D eigenvalue weighted by atomic mass is 32.2. The molecule has 166 valence electrons. The van der Waals surface area contributed by atoms with Crippen LogP contribution in [0.15, 0.2) is 57.6 Å². The molecule has 3 aromatic heterocycles. The van der Waals surface area contributed by atoms with Crippen LogP contribution in [0, 0.1) is 5.82 Å². The average molecular weight is 472 g/mol. The van der Waals surface area contributed by atoms with Gasteiger partial charge in [-0.15, -0.1) is 21.5 Å².